The van der Waals surface area contributed by atoms with Crippen LogP contribution in [0.1, 0.15) is 38.1 Å². The monoisotopic (exact) mass is 460 g/mol. The summed E-state index contributed by atoms with van der Waals surface area (Å²) in [5.74, 6) is -1.27. The average Bonchev–Trinajstić information content (AvgIpc) is 2.67. The number of rotatable bonds is 12. The third kappa shape index (κ3) is 8.76. The van der Waals surface area contributed by atoms with E-state index in [1.165, 1.54) is 6.92 Å². The highest BCUT2D eigenvalue weighted by Crippen LogP contribution is 2.61. The molecule has 1 N–H and O–H groups in total. The summed E-state index contributed by atoms with van der Waals surface area (Å²) >= 11 is 6.49. The third-order valence-electron chi connectivity index (χ3n) is 3.22. The summed E-state index contributed by atoms with van der Waals surface area (Å²) in [7, 11) is 0. The van der Waals surface area contributed by atoms with Crippen molar-refractivity contribution < 1.29 is 28.5 Å². The van der Waals surface area contributed by atoms with Crippen molar-refractivity contribution in [1.82, 2.24) is 0 Å². The van der Waals surface area contributed by atoms with Crippen molar-refractivity contribution in [1.29, 1.82) is 0 Å². The summed E-state index contributed by atoms with van der Waals surface area (Å²) in [4.78, 5) is 23.5. The largest absolute Gasteiger partial charge is 0.509 e. The molecule has 0 aliphatic heterocycles. The number of nitrogens with zero attached hydrogens (tertiary/aromatic N) is 2. The highest BCUT2D eigenvalue weighted by Gasteiger charge is 2.23. The van der Waals surface area contributed by atoms with Gasteiger partial charge in [0.25, 0.3) is 0 Å². The zero-order valence-electron chi connectivity index (χ0n) is 16.8. The van der Waals surface area contributed by atoms with E-state index in [1.807, 2.05) is 0 Å². The Morgan fingerprint density at radius 2 is 1.69 bits per heavy atom. The van der Waals surface area contributed by atoms with Gasteiger partial charge in [-0.1, -0.05) is 11.4 Å². The van der Waals surface area contributed by atoms with E-state index in [1.54, 1.807) is 45.0 Å². The summed E-state index contributed by atoms with van der Waals surface area (Å²) in [6.07, 6.45) is 0. The van der Waals surface area contributed by atoms with Crippen molar-refractivity contribution in [3.8, 4) is 0 Å². The van der Waals surface area contributed by atoms with Gasteiger partial charge >= 0.3 is 5.97 Å². The second kappa shape index (κ2) is 12.9. The maximum absolute atomic E-state index is 12.2. The van der Waals surface area contributed by atoms with Crippen LogP contribution < -0.4 is 0 Å². The molecule has 0 radical (unpaired) electrons. The topological polar surface area (TPSA) is 107 Å². The first kappa shape index (κ1) is 25.5. The van der Waals surface area contributed by atoms with Gasteiger partial charge in [-0.25, -0.2) is 4.79 Å². The molecule has 29 heavy (non-hydrogen) atoms. The molecule has 0 aromatic heterocycles. The smallest absolute Gasteiger partial charge is 0.362 e. The Labute approximate surface area is 179 Å². The van der Waals surface area contributed by atoms with Gasteiger partial charge in [-0.3, -0.25) is 4.79 Å². The molecule has 0 bridgehead atoms. The van der Waals surface area contributed by atoms with E-state index < -0.39 is 11.7 Å². The normalized spacial score (nSPS) is 12.7. The molecule has 0 aliphatic carbocycles. The van der Waals surface area contributed by atoms with E-state index in [-0.39, 0.29) is 29.6 Å². The quantitative estimate of drug-likeness (QED) is 0.111. The lowest BCUT2D eigenvalue weighted by molar-refractivity contribution is -0.138. The summed E-state index contributed by atoms with van der Waals surface area (Å²) in [5, 5.41) is 18.2. The zero-order valence-corrected chi connectivity index (χ0v) is 19.3. The fourth-order valence-corrected chi connectivity index (χ4v) is 6.22. The Balaban J connectivity index is 3.07. The van der Waals surface area contributed by atoms with E-state index in [0.717, 1.165) is 11.4 Å². The molecule has 11 heteroatoms. The van der Waals surface area contributed by atoms with Crippen LogP contribution in [0, 0.1) is 0 Å². The highest BCUT2D eigenvalue weighted by atomic mass is 32.9. The van der Waals surface area contributed by atoms with Crippen molar-refractivity contribution >= 4 is 46.3 Å². The van der Waals surface area contributed by atoms with E-state index in [2.05, 4.69) is 10.2 Å². The molecule has 0 fully saturated rings. The standard InChI is InChI=1S/C18H25N2O6PS2/c1-5-24-18(23)17(16(22)12-29-27(28,25-6-2)26-7-3)20-19-15-10-8-14(9-11-15)13(4)21/h8-11,22H,5-7,12H2,1-4H3/b17-16-,20-19?. The maximum atomic E-state index is 12.2. The van der Waals surface area contributed by atoms with E-state index in [9.17, 15) is 14.7 Å². The average molecular weight is 461 g/mol. The van der Waals surface area contributed by atoms with E-state index >= 15 is 0 Å². The van der Waals surface area contributed by atoms with Crippen LogP contribution in [-0.4, -0.2) is 42.4 Å². The first-order chi connectivity index (χ1) is 13.8. The van der Waals surface area contributed by atoms with Gasteiger partial charge in [-0.05, 0) is 63.8 Å². The molecule has 1 aromatic rings. The van der Waals surface area contributed by atoms with Crippen molar-refractivity contribution in [3.63, 3.8) is 0 Å². The number of aliphatic hydroxyl groups excluding tert-OH is 1. The Kier molecular flexibility index (Phi) is 11.3. The fraction of sp³-hybridized carbons (Fsp3) is 0.444. The molecule has 160 valence electrons. The molecular weight excluding hydrogens is 435 g/mol. The molecule has 1 rings (SSSR count). The number of esters is 1. The minimum absolute atomic E-state index is 0.0479. The van der Waals surface area contributed by atoms with Crippen LogP contribution in [0.3, 0.4) is 0 Å². The Hall–Kier alpha value is -1.58. The number of hydrogen-bond donors (Lipinski definition) is 1. The summed E-state index contributed by atoms with van der Waals surface area (Å²) in [6.45, 7) is 7.55. The number of carbonyl (C=O) groups excluding carboxylic acids is 2. The van der Waals surface area contributed by atoms with E-state index in [4.69, 9.17) is 25.6 Å². The Morgan fingerprint density at radius 1 is 1.10 bits per heavy atom. The highest BCUT2D eigenvalue weighted by molar-refractivity contribution is 8.67. The zero-order chi connectivity index (χ0) is 21.9. The van der Waals surface area contributed by atoms with Gasteiger partial charge in [-0.15, -0.1) is 5.11 Å². The molecular formula is C18H25N2O6PS2. The van der Waals surface area contributed by atoms with Crippen LogP contribution in [0.15, 0.2) is 46.0 Å². The molecule has 0 atom stereocenters. The molecule has 0 unspecified atom stereocenters. The predicted molar refractivity (Wildman–Crippen MR) is 117 cm³/mol. The van der Waals surface area contributed by atoms with Gasteiger partial charge < -0.3 is 18.9 Å². The first-order valence-corrected chi connectivity index (χ1v) is 13.1. The van der Waals surface area contributed by atoms with Crippen molar-refractivity contribution in [2.45, 2.75) is 27.7 Å². The minimum Gasteiger partial charge on any atom is -0.509 e. The Morgan fingerprint density at radius 3 is 2.17 bits per heavy atom. The molecule has 0 saturated carbocycles. The predicted octanol–water partition coefficient (Wildman–Crippen LogP) is 5.34. The lowest BCUT2D eigenvalue weighted by Crippen LogP contribution is -2.09. The van der Waals surface area contributed by atoms with Crippen LogP contribution in [0.5, 0.6) is 0 Å². The fourth-order valence-electron chi connectivity index (χ4n) is 1.92. The van der Waals surface area contributed by atoms with Gasteiger partial charge in [0.15, 0.2) is 5.78 Å². The first-order valence-electron chi connectivity index (χ1n) is 8.91. The van der Waals surface area contributed by atoms with Gasteiger partial charge in [0.05, 0.1) is 31.3 Å². The van der Waals surface area contributed by atoms with Gasteiger partial charge in [0, 0.05) is 5.56 Å². The van der Waals surface area contributed by atoms with Crippen molar-refractivity contribution in [2.24, 2.45) is 10.2 Å². The lowest BCUT2D eigenvalue weighted by Gasteiger charge is -2.19. The number of aliphatic hydroxyl groups is 1. The van der Waals surface area contributed by atoms with Gasteiger partial charge in [0.1, 0.15) is 5.76 Å². The molecule has 0 heterocycles. The second-order valence-corrected chi connectivity index (χ2v) is 11.7. The van der Waals surface area contributed by atoms with E-state index in [0.29, 0.717) is 24.5 Å². The van der Waals surface area contributed by atoms with Crippen LogP contribution in [0.4, 0.5) is 5.69 Å². The summed E-state index contributed by atoms with van der Waals surface area (Å²) in [6, 6.07) is 6.36. The molecule has 0 aliphatic rings. The summed E-state index contributed by atoms with van der Waals surface area (Å²) < 4.78 is 16.0. The number of benzene rings is 1. The number of carbonyl (C=O) groups is 2. The molecule has 0 amide bonds. The summed E-state index contributed by atoms with van der Waals surface area (Å²) in [5.41, 5.74) is -2.04. The van der Waals surface area contributed by atoms with Gasteiger partial charge in [-0.2, -0.15) is 5.11 Å². The van der Waals surface area contributed by atoms with Crippen LogP contribution in [0.25, 0.3) is 0 Å². The number of ketones is 1. The van der Waals surface area contributed by atoms with Crippen molar-refractivity contribution in [3.05, 3.63) is 41.3 Å². The number of hydrogen-bond acceptors (Lipinski definition) is 10. The van der Waals surface area contributed by atoms with Crippen LogP contribution in [-0.2, 0) is 30.4 Å². The molecule has 0 spiro atoms. The number of ether oxygens (including phenoxy) is 1. The number of Topliss-reactive ketones (excluding diaryl/α,β-unsaturated/α-hetero) is 1. The minimum atomic E-state index is -2.65. The molecule has 8 nitrogen and oxygen atoms in total. The maximum Gasteiger partial charge on any atom is 0.362 e. The SMILES string of the molecule is CCOC(=O)/C(N=Nc1ccc(C(C)=O)cc1)=C(/O)CSP(=S)(OCC)OCC. The van der Waals surface area contributed by atoms with Crippen LogP contribution >= 0.6 is 17.1 Å². The number of azo groups is 1. The third-order valence-corrected chi connectivity index (χ3v) is 8.63. The molecule has 0 saturated heterocycles. The van der Waals surface area contributed by atoms with Crippen LogP contribution in [0.2, 0.25) is 0 Å². The van der Waals surface area contributed by atoms with Gasteiger partial charge in [0.2, 0.25) is 11.4 Å². The van der Waals surface area contributed by atoms with Crippen molar-refractivity contribution in [2.75, 3.05) is 25.6 Å². The lowest BCUT2D eigenvalue weighted by atomic mass is 10.1. The second-order valence-electron chi connectivity index (χ2n) is 5.38. The molecule has 1 aromatic carbocycles. The Bertz CT molecular complexity index is 801.